The van der Waals surface area contributed by atoms with E-state index in [1.807, 2.05) is 18.2 Å². The lowest BCUT2D eigenvalue weighted by atomic mass is 10.1. The molecule has 0 radical (unpaired) electrons. The Morgan fingerprint density at radius 1 is 1.28 bits per heavy atom. The summed E-state index contributed by atoms with van der Waals surface area (Å²) in [6.45, 7) is 4.57. The maximum Gasteiger partial charge on any atom is 0.338 e. The van der Waals surface area contributed by atoms with Crippen molar-refractivity contribution in [3.8, 4) is 0 Å². The van der Waals surface area contributed by atoms with E-state index in [0.717, 1.165) is 37.3 Å². The van der Waals surface area contributed by atoms with Crippen molar-refractivity contribution in [2.24, 2.45) is 0 Å². The molecule has 1 fully saturated rings. The van der Waals surface area contributed by atoms with E-state index in [4.69, 9.17) is 4.74 Å². The molecule has 0 atom stereocenters. The fraction of sp³-hybridized carbons (Fsp3) is 0.357. The predicted molar refractivity (Wildman–Crippen MR) is 69.0 cm³/mol. The molecule has 2 aliphatic rings. The van der Waals surface area contributed by atoms with Crippen LogP contribution < -0.4 is 5.32 Å². The summed E-state index contributed by atoms with van der Waals surface area (Å²) in [5.41, 5.74) is 2.81. The van der Waals surface area contributed by atoms with Crippen molar-refractivity contribution in [2.75, 3.05) is 26.2 Å². The predicted octanol–water partition coefficient (Wildman–Crippen LogP) is 1.23. The third kappa shape index (κ3) is 2.24. The van der Waals surface area contributed by atoms with Crippen LogP contribution in [0.15, 0.2) is 24.4 Å². The van der Waals surface area contributed by atoms with Crippen molar-refractivity contribution in [3.63, 3.8) is 0 Å². The van der Waals surface area contributed by atoms with Gasteiger partial charge in [0.25, 0.3) is 0 Å². The van der Waals surface area contributed by atoms with Crippen molar-refractivity contribution in [1.82, 2.24) is 10.2 Å². The molecule has 0 spiro atoms. The highest BCUT2D eigenvalue weighted by Crippen LogP contribution is 2.21. The monoisotopic (exact) mass is 244 g/mol. The van der Waals surface area contributed by atoms with Crippen molar-refractivity contribution in [2.45, 2.75) is 6.61 Å². The highest BCUT2D eigenvalue weighted by Gasteiger charge is 2.20. The lowest BCUT2D eigenvalue weighted by Crippen LogP contribution is -2.40. The second-order valence-corrected chi connectivity index (χ2v) is 4.59. The number of carbonyl (C=O) groups is 1. The van der Waals surface area contributed by atoms with Crippen molar-refractivity contribution in [1.29, 1.82) is 0 Å². The number of carbonyl (C=O) groups excluding carboxylic acids is 1. The summed E-state index contributed by atoms with van der Waals surface area (Å²) in [6, 6.07) is 5.84. The Labute approximate surface area is 106 Å². The number of nitrogens with zero attached hydrogens (tertiary/aromatic N) is 1. The van der Waals surface area contributed by atoms with E-state index in [-0.39, 0.29) is 5.97 Å². The number of fused-ring (bicyclic) bond motifs is 1. The van der Waals surface area contributed by atoms with Gasteiger partial charge in [-0.1, -0.05) is 6.07 Å². The first-order valence-corrected chi connectivity index (χ1v) is 6.26. The maximum absolute atomic E-state index is 11.3. The fourth-order valence-corrected chi connectivity index (χ4v) is 2.28. The molecular weight excluding hydrogens is 228 g/mol. The molecule has 4 nitrogen and oxygen atoms in total. The molecule has 2 heterocycles. The zero-order chi connectivity index (χ0) is 12.4. The van der Waals surface area contributed by atoms with Gasteiger partial charge in [-0.2, -0.15) is 0 Å². The summed E-state index contributed by atoms with van der Waals surface area (Å²) in [6.07, 6.45) is 4.22. The Morgan fingerprint density at radius 2 is 2.11 bits per heavy atom. The van der Waals surface area contributed by atoms with Gasteiger partial charge >= 0.3 is 5.97 Å². The Morgan fingerprint density at radius 3 is 2.94 bits per heavy atom. The first-order chi connectivity index (χ1) is 8.83. The molecular formula is C14H16N2O2. The average molecular weight is 244 g/mol. The van der Waals surface area contributed by atoms with E-state index >= 15 is 0 Å². The van der Waals surface area contributed by atoms with Crippen LogP contribution in [0.4, 0.5) is 0 Å². The van der Waals surface area contributed by atoms with Gasteiger partial charge in [-0.3, -0.25) is 0 Å². The molecule has 1 aromatic rings. The molecule has 94 valence electrons. The first kappa shape index (κ1) is 11.3. The van der Waals surface area contributed by atoms with Gasteiger partial charge in [-0.05, 0) is 30.0 Å². The van der Waals surface area contributed by atoms with E-state index in [0.29, 0.717) is 12.2 Å². The number of piperazine rings is 1. The Kier molecular flexibility index (Phi) is 3.02. The van der Waals surface area contributed by atoms with Gasteiger partial charge in [-0.15, -0.1) is 0 Å². The number of nitrogens with one attached hydrogen (secondary N) is 1. The summed E-state index contributed by atoms with van der Waals surface area (Å²) in [5, 5.41) is 3.32. The van der Waals surface area contributed by atoms with Crippen LogP contribution in [-0.4, -0.2) is 37.0 Å². The number of hydrogen-bond acceptors (Lipinski definition) is 4. The zero-order valence-electron chi connectivity index (χ0n) is 10.2. The molecule has 0 aliphatic carbocycles. The van der Waals surface area contributed by atoms with E-state index in [2.05, 4.69) is 22.5 Å². The lowest BCUT2D eigenvalue weighted by Gasteiger charge is -2.25. The normalized spacial score (nSPS) is 19.1. The number of hydrogen-bond donors (Lipinski definition) is 1. The molecule has 0 saturated carbocycles. The van der Waals surface area contributed by atoms with Crippen LogP contribution in [0.25, 0.3) is 6.08 Å². The van der Waals surface area contributed by atoms with Crippen molar-refractivity contribution < 1.29 is 9.53 Å². The second kappa shape index (κ2) is 4.82. The highest BCUT2D eigenvalue weighted by atomic mass is 16.5. The number of cyclic esters (lactones) is 1. The van der Waals surface area contributed by atoms with Crippen molar-refractivity contribution in [3.05, 3.63) is 41.1 Å². The Balaban J connectivity index is 1.73. The standard InChI is InChI=1S/C14H16N2O2/c17-14-13-2-1-11(9-12(13)10-18-14)3-6-16-7-4-15-5-8-16/h1-3,6,9,15H,4-5,7-8,10H2/b6-3+. The highest BCUT2D eigenvalue weighted by molar-refractivity contribution is 5.93. The first-order valence-electron chi connectivity index (χ1n) is 6.26. The van der Waals surface area contributed by atoms with E-state index in [9.17, 15) is 4.79 Å². The lowest BCUT2D eigenvalue weighted by molar-refractivity contribution is 0.0535. The molecule has 18 heavy (non-hydrogen) atoms. The molecule has 2 aliphatic heterocycles. The molecule has 0 unspecified atom stereocenters. The molecule has 4 heteroatoms. The minimum absolute atomic E-state index is 0.206. The number of esters is 1. The van der Waals surface area contributed by atoms with Crippen LogP contribution >= 0.6 is 0 Å². The quantitative estimate of drug-likeness (QED) is 0.795. The largest absolute Gasteiger partial charge is 0.457 e. The molecule has 1 aromatic carbocycles. The molecule has 0 bridgehead atoms. The summed E-state index contributed by atoms with van der Waals surface area (Å²) < 4.78 is 4.99. The SMILES string of the molecule is O=C1OCc2cc(/C=C/N3CCNCC3)ccc21. The smallest absolute Gasteiger partial charge is 0.338 e. The molecule has 0 aromatic heterocycles. The molecule has 3 rings (SSSR count). The van der Waals surface area contributed by atoms with Gasteiger partial charge in [0, 0.05) is 31.7 Å². The van der Waals surface area contributed by atoms with E-state index in [1.54, 1.807) is 0 Å². The third-order valence-corrected chi connectivity index (χ3v) is 3.34. The van der Waals surface area contributed by atoms with Gasteiger partial charge in [0.1, 0.15) is 6.61 Å². The van der Waals surface area contributed by atoms with Gasteiger partial charge in [0.15, 0.2) is 0 Å². The van der Waals surface area contributed by atoms with E-state index < -0.39 is 0 Å². The van der Waals surface area contributed by atoms with Crippen LogP contribution in [0, 0.1) is 0 Å². The Bertz CT molecular complexity index is 491. The van der Waals surface area contributed by atoms with Gasteiger partial charge in [-0.25, -0.2) is 4.79 Å². The van der Waals surface area contributed by atoms with Gasteiger partial charge < -0.3 is 15.0 Å². The second-order valence-electron chi connectivity index (χ2n) is 4.59. The summed E-state index contributed by atoms with van der Waals surface area (Å²) in [4.78, 5) is 13.6. The minimum atomic E-state index is -0.206. The molecule has 1 N–H and O–H groups in total. The third-order valence-electron chi connectivity index (χ3n) is 3.34. The maximum atomic E-state index is 11.3. The van der Waals surface area contributed by atoms with Crippen LogP contribution in [0.1, 0.15) is 21.5 Å². The summed E-state index contributed by atoms with van der Waals surface area (Å²) in [5.74, 6) is -0.206. The van der Waals surface area contributed by atoms with Crippen molar-refractivity contribution >= 4 is 12.0 Å². The summed E-state index contributed by atoms with van der Waals surface area (Å²) in [7, 11) is 0. The van der Waals surface area contributed by atoms with Crippen LogP contribution in [0.5, 0.6) is 0 Å². The number of rotatable bonds is 2. The zero-order valence-corrected chi connectivity index (χ0v) is 10.2. The topological polar surface area (TPSA) is 41.6 Å². The van der Waals surface area contributed by atoms with E-state index in [1.165, 1.54) is 0 Å². The van der Waals surface area contributed by atoms with Gasteiger partial charge in [0.05, 0.1) is 5.56 Å². The van der Waals surface area contributed by atoms with Gasteiger partial charge in [0.2, 0.25) is 0 Å². The summed E-state index contributed by atoms with van der Waals surface area (Å²) >= 11 is 0. The molecule has 1 saturated heterocycles. The van der Waals surface area contributed by atoms with Crippen LogP contribution in [0.3, 0.4) is 0 Å². The minimum Gasteiger partial charge on any atom is -0.457 e. The molecule has 0 amide bonds. The number of ether oxygens (including phenoxy) is 1. The number of benzene rings is 1. The van der Waals surface area contributed by atoms with Crippen LogP contribution in [-0.2, 0) is 11.3 Å². The van der Waals surface area contributed by atoms with Crippen LogP contribution in [0.2, 0.25) is 0 Å². The average Bonchev–Trinajstić information content (AvgIpc) is 2.79. The Hall–Kier alpha value is -1.81. The fourth-order valence-electron chi connectivity index (χ4n) is 2.28.